The number of carbonyl (C=O) groups is 2. The molecule has 29 heavy (non-hydrogen) atoms. The first-order valence-electron chi connectivity index (χ1n) is 10.2. The Morgan fingerprint density at radius 2 is 1.86 bits per heavy atom. The topological polar surface area (TPSA) is 88.8 Å². The van der Waals surface area contributed by atoms with E-state index in [-0.39, 0.29) is 17.7 Å². The van der Waals surface area contributed by atoms with Crippen molar-refractivity contribution in [3.8, 4) is 0 Å². The molecule has 8 nitrogen and oxygen atoms in total. The molecular weight excluding hydrogens is 372 g/mol. The summed E-state index contributed by atoms with van der Waals surface area (Å²) in [5, 5.41) is 3.90. The van der Waals surface area contributed by atoms with Crippen molar-refractivity contribution in [1.82, 2.24) is 19.9 Å². The summed E-state index contributed by atoms with van der Waals surface area (Å²) in [6, 6.07) is 8.71. The van der Waals surface area contributed by atoms with Gasteiger partial charge >= 0.3 is 0 Å². The third-order valence-electron chi connectivity index (χ3n) is 5.59. The van der Waals surface area contributed by atoms with Gasteiger partial charge in [0.15, 0.2) is 5.82 Å². The minimum Gasteiger partial charge on any atom is -0.381 e. The van der Waals surface area contributed by atoms with Crippen LogP contribution in [0.5, 0.6) is 0 Å². The molecule has 0 saturated carbocycles. The molecule has 2 aromatic rings. The maximum atomic E-state index is 13.2. The van der Waals surface area contributed by atoms with Crippen molar-refractivity contribution < 1.29 is 18.8 Å². The Balaban J connectivity index is 1.60. The number of hydrogen-bond donors (Lipinski definition) is 0. The average Bonchev–Trinajstić information content (AvgIpc) is 3.07. The van der Waals surface area contributed by atoms with E-state index in [9.17, 15) is 9.59 Å². The Bertz CT molecular complexity index is 847. The molecule has 0 N–H and O–H groups in total. The SMILES string of the molecule is Cc1noc(C2CN(C(=O)C3CCOCC3)CCCN2C(=O)c2ccccc2)n1. The van der Waals surface area contributed by atoms with Gasteiger partial charge in [0.05, 0.1) is 6.54 Å². The zero-order valence-corrected chi connectivity index (χ0v) is 16.6. The van der Waals surface area contributed by atoms with Gasteiger partial charge in [-0.3, -0.25) is 9.59 Å². The molecule has 1 aromatic carbocycles. The van der Waals surface area contributed by atoms with Crippen LogP contribution < -0.4 is 0 Å². The van der Waals surface area contributed by atoms with Crippen LogP contribution in [0.4, 0.5) is 0 Å². The lowest BCUT2D eigenvalue weighted by Crippen LogP contribution is -2.43. The number of carbonyl (C=O) groups excluding carboxylic acids is 2. The van der Waals surface area contributed by atoms with Gasteiger partial charge in [0.25, 0.3) is 11.8 Å². The van der Waals surface area contributed by atoms with E-state index in [1.165, 1.54) is 0 Å². The van der Waals surface area contributed by atoms with Crippen LogP contribution in [0.3, 0.4) is 0 Å². The second-order valence-electron chi connectivity index (χ2n) is 7.58. The van der Waals surface area contributed by atoms with Gasteiger partial charge in [0, 0.05) is 37.8 Å². The van der Waals surface area contributed by atoms with E-state index in [0.29, 0.717) is 56.5 Å². The lowest BCUT2D eigenvalue weighted by atomic mass is 9.98. The number of aryl methyl sites for hydroxylation is 1. The molecule has 4 rings (SSSR count). The molecule has 3 heterocycles. The summed E-state index contributed by atoms with van der Waals surface area (Å²) >= 11 is 0. The van der Waals surface area contributed by atoms with Crippen LogP contribution in [0.25, 0.3) is 0 Å². The third-order valence-corrected chi connectivity index (χ3v) is 5.59. The Morgan fingerprint density at radius 1 is 1.10 bits per heavy atom. The van der Waals surface area contributed by atoms with Crippen molar-refractivity contribution in [2.45, 2.75) is 32.2 Å². The largest absolute Gasteiger partial charge is 0.381 e. The summed E-state index contributed by atoms with van der Waals surface area (Å²) in [6.45, 7) is 4.48. The highest BCUT2D eigenvalue weighted by molar-refractivity contribution is 5.94. The summed E-state index contributed by atoms with van der Waals surface area (Å²) in [4.78, 5) is 34.4. The fourth-order valence-corrected chi connectivity index (χ4v) is 4.04. The van der Waals surface area contributed by atoms with E-state index in [0.717, 1.165) is 12.8 Å². The summed E-state index contributed by atoms with van der Waals surface area (Å²) in [5.74, 6) is 0.901. The number of ether oxygens (including phenoxy) is 1. The van der Waals surface area contributed by atoms with Gasteiger partial charge in [-0.15, -0.1) is 0 Å². The van der Waals surface area contributed by atoms with Crippen molar-refractivity contribution in [1.29, 1.82) is 0 Å². The number of benzene rings is 1. The van der Waals surface area contributed by atoms with Gasteiger partial charge in [-0.05, 0) is 38.3 Å². The molecule has 1 atom stereocenters. The standard InChI is InChI=1S/C21H26N4O4/c1-15-22-19(29-23-15)18-14-24(20(26)17-8-12-28-13-9-17)10-5-11-25(18)21(27)16-6-3-2-4-7-16/h2-4,6-7,17-18H,5,8-14H2,1H3. The van der Waals surface area contributed by atoms with Gasteiger partial charge in [-0.1, -0.05) is 23.4 Å². The van der Waals surface area contributed by atoms with Crippen LogP contribution >= 0.6 is 0 Å². The second kappa shape index (κ2) is 8.73. The second-order valence-corrected chi connectivity index (χ2v) is 7.58. The molecule has 0 spiro atoms. The highest BCUT2D eigenvalue weighted by Gasteiger charge is 2.37. The lowest BCUT2D eigenvalue weighted by molar-refractivity contribution is -0.138. The van der Waals surface area contributed by atoms with E-state index in [1.54, 1.807) is 24.0 Å². The normalized spacial score (nSPS) is 21.1. The lowest BCUT2D eigenvalue weighted by Gasteiger charge is -2.31. The maximum absolute atomic E-state index is 13.2. The van der Waals surface area contributed by atoms with Crippen molar-refractivity contribution in [2.75, 3.05) is 32.8 Å². The summed E-state index contributed by atoms with van der Waals surface area (Å²) in [5.41, 5.74) is 0.609. The number of rotatable bonds is 3. The first-order chi connectivity index (χ1) is 14.1. The molecule has 1 unspecified atom stereocenters. The number of hydrogen-bond acceptors (Lipinski definition) is 6. The Labute approximate surface area is 169 Å². The molecule has 154 valence electrons. The fourth-order valence-electron chi connectivity index (χ4n) is 4.04. The van der Waals surface area contributed by atoms with Crippen LogP contribution in [-0.4, -0.2) is 64.6 Å². The Kier molecular flexibility index (Phi) is 5.89. The van der Waals surface area contributed by atoms with E-state index in [2.05, 4.69) is 10.1 Å². The monoisotopic (exact) mass is 398 g/mol. The predicted octanol–water partition coefficient (Wildman–Crippen LogP) is 2.22. The molecule has 8 heteroatoms. The van der Waals surface area contributed by atoms with E-state index >= 15 is 0 Å². The van der Waals surface area contributed by atoms with Gasteiger partial charge in [-0.2, -0.15) is 4.98 Å². The quantitative estimate of drug-likeness (QED) is 0.788. The maximum Gasteiger partial charge on any atom is 0.254 e. The van der Waals surface area contributed by atoms with Crippen LogP contribution in [0.1, 0.15) is 47.4 Å². The molecule has 0 bridgehead atoms. The number of aromatic nitrogens is 2. The highest BCUT2D eigenvalue weighted by atomic mass is 16.5. The third kappa shape index (κ3) is 4.32. The van der Waals surface area contributed by atoms with Crippen LogP contribution in [0.2, 0.25) is 0 Å². The van der Waals surface area contributed by atoms with Gasteiger partial charge in [-0.25, -0.2) is 0 Å². The predicted molar refractivity (Wildman–Crippen MR) is 104 cm³/mol. The number of amides is 2. The van der Waals surface area contributed by atoms with Gasteiger partial charge < -0.3 is 19.1 Å². The summed E-state index contributed by atoms with van der Waals surface area (Å²) < 4.78 is 10.8. The van der Waals surface area contributed by atoms with Gasteiger partial charge in [0.2, 0.25) is 5.91 Å². The van der Waals surface area contributed by atoms with E-state index in [1.807, 2.05) is 23.1 Å². The molecule has 2 aliphatic heterocycles. The molecule has 0 aliphatic carbocycles. The minimum absolute atomic E-state index is 0.0230. The first-order valence-corrected chi connectivity index (χ1v) is 10.2. The van der Waals surface area contributed by atoms with Crippen molar-refractivity contribution in [2.24, 2.45) is 5.92 Å². The average molecular weight is 398 g/mol. The minimum atomic E-state index is -0.463. The van der Waals surface area contributed by atoms with Crippen LogP contribution in [0, 0.1) is 12.8 Å². The number of nitrogens with zero attached hydrogens (tertiary/aromatic N) is 4. The van der Waals surface area contributed by atoms with Crippen molar-refractivity contribution in [3.63, 3.8) is 0 Å². The molecule has 2 fully saturated rings. The van der Waals surface area contributed by atoms with Crippen LogP contribution in [-0.2, 0) is 9.53 Å². The molecule has 1 aromatic heterocycles. The Hall–Kier alpha value is -2.74. The van der Waals surface area contributed by atoms with Crippen molar-refractivity contribution >= 4 is 11.8 Å². The molecule has 2 saturated heterocycles. The fraction of sp³-hybridized carbons (Fsp3) is 0.524. The highest BCUT2D eigenvalue weighted by Crippen LogP contribution is 2.28. The zero-order chi connectivity index (χ0) is 20.2. The Morgan fingerprint density at radius 3 is 2.55 bits per heavy atom. The van der Waals surface area contributed by atoms with E-state index < -0.39 is 6.04 Å². The first kappa shape index (κ1) is 19.6. The molecular formula is C21H26N4O4. The van der Waals surface area contributed by atoms with Crippen LogP contribution in [0.15, 0.2) is 34.9 Å². The molecule has 2 amide bonds. The molecule has 0 radical (unpaired) electrons. The van der Waals surface area contributed by atoms with Gasteiger partial charge in [0.1, 0.15) is 6.04 Å². The summed E-state index contributed by atoms with van der Waals surface area (Å²) in [7, 11) is 0. The smallest absolute Gasteiger partial charge is 0.254 e. The van der Waals surface area contributed by atoms with Crippen molar-refractivity contribution in [3.05, 3.63) is 47.6 Å². The molecule has 2 aliphatic rings. The summed E-state index contributed by atoms with van der Waals surface area (Å²) in [6.07, 6.45) is 2.19. The van der Waals surface area contributed by atoms with E-state index in [4.69, 9.17) is 9.26 Å². The zero-order valence-electron chi connectivity index (χ0n) is 16.6.